The fourth-order valence-electron chi connectivity index (χ4n) is 2.12. The molecule has 0 radical (unpaired) electrons. The van der Waals surface area contributed by atoms with Crippen molar-refractivity contribution in [3.63, 3.8) is 0 Å². The monoisotopic (exact) mass is 334 g/mol. The molecule has 0 aromatic heterocycles. The zero-order valence-electron chi connectivity index (χ0n) is 12.7. The van der Waals surface area contributed by atoms with E-state index >= 15 is 0 Å². The number of rotatable bonds is 5. The smallest absolute Gasteiger partial charge is 0.283 e. The molecule has 7 heteroatoms. The molecule has 0 saturated carbocycles. The van der Waals surface area contributed by atoms with Crippen LogP contribution in [0.4, 0.5) is 5.69 Å². The number of ether oxygens (including phenoxy) is 1. The van der Waals surface area contributed by atoms with Gasteiger partial charge in [-0.2, -0.15) is 0 Å². The first-order chi connectivity index (χ1) is 10.9. The van der Waals surface area contributed by atoms with E-state index in [1.54, 1.807) is 26.3 Å². The molecule has 120 valence electrons. The van der Waals surface area contributed by atoms with Crippen molar-refractivity contribution in [2.24, 2.45) is 0 Å². The van der Waals surface area contributed by atoms with Crippen LogP contribution >= 0.6 is 11.6 Å². The number of halogens is 1. The molecule has 2 rings (SSSR count). The number of methoxy groups -OCH3 is 1. The molecule has 0 aliphatic heterocycles. The van der Waals surface area contributed by atoms with Crippen molar-refractivity contribution in [2.45, 2.75) is 6.54 Å². The molecule has 0 heterocycles. The minimum absolute atomic E-state index is 0.00964. The first kappa shape index (κ1) is 16.8. The number of benzene rings is 2. The Morgan fingerprint density at radius 1 is 1.26 bits per heavy atom. The second-order valence-electron chi connectivity index (χ2n) is 4.93. The highest BCUT2D eigenvalue weighted by Gasteiger charge is 2.23. The number of hydrogen-bond acceptors (Lipinski definition) is 4. The molecule has 23 heavy (non-hydrogen) atoms. The first-order valence-electron chi connectivity index (χ1n) is 6.74. The summed E-state index contributed by atoms with van der Waals surface area (Å²) in [4.78, 5) is 24.4. The van der Waals surface area contributed by atoms with Crippen molar-refractivity contribution in [2.75, 3.05) is 14.2 Å². The van der Waals surface area contributed by atoms with Gasteiger partial charge in [0.15, 0.2) is 0 Å². The zero-order valence-corrected chi connectivity index (χ0v) is 13.4. The van der Waals surface area contributed by atoms with Gasteiger partial charge in [-0.25, -0.2) is 0 Å². The van der Waals surface area contributed by atoms with Crippen molar-refractivity contribution in [3.8, 4) is 5.75 Å². The third kappa shape index (κ3) is 3.98. The SMILES string of the molecule is COc1ccc(CN(C)C(=O)c2ccc(Cl)cc2[N+](=O)[O-])cc1. The average Bonchev–Trinajstić information content (AvgIpc) is 2.54. The van der Waals surface area contributed by atoms with Crippen LogP contribution in [0.1, 0.15) is 15.9 Å². The summed E-state index contributed by atoms with van der Waals surface area (Å²) < 4.78 is 5.08. The summed E-state index contributed by atoms with van der Waals surface area (Å²) >= 11 is 5.76. The van der Waals surface area contributed by atoms with Gasteiger partial charge in [0.25, 0.3) is 11.6 Å². The van der Waals surface area contributed by atoms with E-state index in [-0.39, 0.29) is 16.3 Å². The van der Waals surface area contributed by atoms with Gasteiger partial charge in [0, 0.05) is 24.7 Å². The fraction of sp³-hybridized carbons (Fsp3) is 0.188. The van der Waals surface area contributed by atoms with E-state index in [0.29, 0.717) is 6.54 Å². The van der Waals surface area contributed by atoms with Gasteiger partial charge in [0.05, 0.1) is 12.0 Å². The van der Waals surface area contributed by atoms with Gasteiger partial charge in [0.2, 0.25) is 0 Å². The van der Waals surface area contributed by atoms with Crippen LogP contribution in [-0.2, 0) is 6.54 Å². The summed E-state index contributed by atoms with van der Waals surface area (Å²) in [6.45, 7) is 0.322. The van der Waals surface area contributed by atoms with E-state index in [2.05, 4.69) is 0 Å². The number of carbonyl (C=O) groups excluding carboxylic acids is 1. The maximum Gasteiger partial charge on any atom is 0.283 e. The Morgan fingerprint density at radius 2 is 1.91 bits per heavy atom. The molecule has 2 aromatic rings. The van der Waals surface area contributed by atoms with Gasteiger partial charge >= 0.3 is 0 Å². The van der Waals surface area contributed by atoms with Crippen LogP contribution in [0.5, 0.6) is 5.75 Å². The molecule has 0 N–H and O–H groups in total. The minimum Gasteiger partial charge on any atom is -0.497 e. The number of nitro benzene ring substituents is 1. The van der Waals surface area contributed by atoms with Crippen molar-refractivity contribution in [1.82, 2.24) is 4.90 Å². The zero-order chi connectivity index (χ0) is 17.0. The third-order valence-electron chi connectivity index (χ3n) is 3.31. The van der Waals surface area contributed by atoms with Gasteiger partial charge in [-0.3, -0.25) is 14.9 Å². The second kappa shape index (κ2) is 7.11. The Kier molecular flexibility index (Phi) is 5.18. The van der Waals surface area contributed by atoms with Crippen LogP contribution in [0.15, 0.2) is 42.5 Å². The van der Waals surface area contributed by atoms with E-state index in [4.69, 9.17) is 16.3 Å². The van der Waals surface area contributed by atoms with Crippen molar-refractivity contribution in [1.29, 1.82) is 0 Å². The lowest BCUT2D eigenvalue weighted by molar-refractivity contribution is -0.385. The maximum absolute atomic E-state index is 12.5. The normalized spacial score (nSPS) is 10.2. The molecule has 0 spiro atoms. The Morgan fingerprint density at radius 3 is 2.48 bits per heavy atom. The summed E-state index contributed by atoms with van der Waals surface area (Å²) in [5.74, 6) is 0.278. The van der Waals surface area contributed by atoms with E-state index in [0.717, 1.165) is 11.3 Å². The number of nitrogens with zero attached hydrogens (tertiary/aromatic N) is 2. The topological polar surface area (TPSA) is 72.7 Å². The molecule has 2 aromatic carbocycles. The highest BCUT2D eigenvalue weighted by molar-refractivity contribution is 6.31. The van der Waals surface area contributed by atoms with Gasteiger partial charge < -0.3 is 9.64 Å². The summed E-state index contributed by atoms with van der Waals surface area (Å²) in [5.41, 5.74) is 0.595. The van der Waals surface area contributed by atoms with Crippen molar-refractivity contribution in [3.05, 3.63) is 68.7 Å². The molecule has 0 aliphatic carbocycles. The van der Waals surface area contributed by atoms with Crippen LogP contribution in [0.2, 0.25) is 5.02 Å². The summed E-state index contributed by atoms with van der Waals surface area (Å²) in [7, 11) is 3.16. The lowest BCUT2D eigenvalue weighted by Crippen LogP contribution is -2.26. The largest absolute Gasteiger partial charge is 0.497 e. The molecule has 0 saturated heterocycles. The van der Waals surface area contributed by atoms with Gasteiger partial charge in [0.1, 0.15) is 11.3 Å². The molecule has 0 bridgehead atoms. The van der Waals surface area contributed by atoms with Crippen LogP contribution in [-0.4, -0.2) is 29.9 Å². The molecule has 0 unspecified atom stereocenters. The molecule has 0 fully saturated rings. The van der Waals surface area contributed by atoms with E-state index in [1.165, 1.54) is 23.1 Å². The van der Waals surface area contributed by atoms with Gasteiger partial charge in [-0.15, -0.1) is 0 Å². The quantitative estimate of drug-likeness (QED) is 0.619. The Labute approximate surface area is 138 Å². The molecule has 0 aliphatic rings. The highest BCUT2D eigenvalue weighted by Crippen LogP contribution is 2.24. The number of amides is 1. The molecule has 6 nitrogen and oxygen atoms in total. The summed E-state index contributed by atoms with van der Waals surface area (Å²) in [5, 5.41) is 11.3. The molecule has 0 atom stereocenters. The summed E-state index contributed by atoms with van der Waals surface area (Å²) in [6, 6.07) is 11.3. The van der Waals surface area contributed by atoms with E-state index in [1.807, 2.05) is 12.1 Å². The number of carbonyl (C=O) groups is 1. The van der Waals surface area contributed by atoms with Gasteiger partial charge in [-0.1, -0.05) is 23.7 Å². The van der Waals surface area contributed by atoms with Crippen LogP contribution < -0.4 is 4.74 Å². The van der Waals surface area contributed by atoms with Crippen LogP contribution in [0, 0.1) is 10.1 Å². The third-order valence-corrected chi connectivity index (χ3v) is 3.55. The summed E-state index contributed by atoms with van der Waals surface area (Å²) in [6.07, 6.45) is 0. The lowest BCUT2D eigenvalue weighted by atomic mass is 10.1. The van der Waals surface area contributed by atoms with Crippen LogP contribution in [0.25, 0.3) is 0 Å². The Bertz CT molecular complexity index is 731. The minimum atomic E-state index is -0.611. The molecular formula is C16H15ClN2O4. The fourth-order valence-corrected chi connectivity index (χ4v) is 2.29. The lowest BCUT2D eigenvalue weighted by Gasteiger charge is -2.17. The number of hydrogen-bond donors (Lipinski definition) is 0. The van der Waals surface area contributed by atoms with Gasteiger partial charge in [-0.05, 0) is 29.8 Å². The molecular weight excluding hydrogens is 320 g/mol. The predicted molar refractivity (Wildman–Crippen MR) is 86.9 cm³/mol. The second-order valence-corrected chi connectivity index (χ2v) is 5.36. The Hall–Kier alpha value is -2.60. The van der Waals surface area contributed by atoms with Crippen molar-refractivity contribution < 1.29 is 14.5 Å². The van der Waals surface area contributed by atoms with E-state index in [9.17, 15) is 14.9 Å². The number of nitro groups is 1. The van der Waals surface area contributed by atoms with Crippen molar-refractivity contribution >= 4 is 23.2 Å². The van der Waals surface area contributed by atoms with Crippen LogP contribution in [0.3, 0.4) is 0 Å². The highest BCUT2D eigenvalue weighted by atomic mass is 35.5. The standard InChI is InChI=1S/C16H15ClN2O4/c1-18(10-11-3-6-13(23-2)7-4-11)16(20)14-8-5-12(17)9-15(14)19(21)22/h3-9H,10H2,1-2H3. The average molecular weight is 335 g/mol. The maximum atomic E-state index is 12.5. The predicted octanol–water partition coefficient (Wildman–Crippen LogP) is 3.53. The first-order valence-corrected chi connectivity index (χ1v) is 7.12. The van der Waals surface area contributed by atoms with E-state index < -0.39 is 10.8 Å². The Balaban J connectivity index is 2.20. The molecule has 1 amide bonds.